The molecule has 0 aromatic heterocycles. The van der Waals surface area contributed by atoms with E-state index in [1.165, 1.54) is 0 Å². The van der Waals surface area contributed by atoms with Gasteiger partial charge in [-0.3, -0.25) is 0 Å². The number of nitrogens with zero attached hydrogens (tertiary/aromatic N) is 2. The largest absolute Gasteiger partial charge is 0.311 e. The molecule has 0 N–H and O–H groups in total. The zero-order chi connectivity index (χ0) is 36.5. The van der Waals surface area contributed by atoms with Crippen LogP contribution in [0, 0.1) is 0 Å². The van der Waals surface area contributed by atoms with Gasteiger partial charge in [0.25, 0.3) is 0 Å². The van der Waals surface area contributed by atoms with Crippen molar-refractivity contribution in [2.24, 2.45) is 0 Å². The molecule has 0 atom stereocenters. The minimum atomic E-state index is -0.465. The van der Waals surface area contributed by atoms with Gasteiger partial charge in [0.1, 0.15) is 0 Å². The Kier molecular flexibility index (Phi) is 5.53. The summed E-state index contributed by atoms with van der Waals surface area (Å²) in [6.45, 7) is 0. The minimum Gasteiger partial charge on any atom is -0.311 e. The van der Waals surface area contributed by atoms with E-state index in [2.05, 4.69) is 4.90 Å². The number of para-hydroxylation sites is 4. The van der Waals surface area contributed by atoms with Gasteiger partial charge in [0, 0.05) is 34.1 Å². The Labute approximate surface area is 271 Å². The van der Waals surface area contributed by atoms with E-state index in [4.69, 9.17) is 11.0 Å². The van der Waals surface area contributed by atoms with E-state index in [1.54, 1.807) is 17.0 Å². The molecule has 7 rings (SSSR count). The number of benzene rings is 7. The van der Waals surface area contributed by atoms with Crippen molar-refractivity contribution in [1.29, 1.82) is 0 Å². The van der Waals surface area contributed by atoms with E-state index < -0.39 is 24.2 Å². The molecule has 0 aliphatic heterocycles. The highest BCUT2D eigenvalue weighted by atomic mass is 15.1. The fraction of sp³-hybridized carbons (Fsp3) is 0. The van der Waals surface area contributed by atoms with Gasteiger partial charge in [-0.1, -0.05) is 121 Å². The van der Waals surface area contributed by atoms with E-state index in [-0.39, 0.29) is 46.5 Å². The van der Waals surface area contributed by atoms with Gasteiger partial charge in [-0.05, 0) is 95.0 Å². The maximum absolute atomic E-state index is 9.10. The van der Waals surface area contributed by atoms with Crippen molar-refractivity contribution >= 4 is 34.1 Å². The van der Waals surface area contributed by atoms with Crippen molar-refractivity contribution in [2.75, 3.05) is 9.80 Å². The Bertz CT molecular complexity index is 2240. The van der Waals surface area contributed by atoms with Crippen LogP contribution < -0.4 is 9.80 Å². The summed E-state index contributed by atoms with van der Waals surface area (Å²) >= 11 is 0. The second kappa shape index (κ2) is 12.6. The monoisotopic (exact) mass is 572 g/mol. The highest BCUT2D eigenvalue weighted by molar-refractivity contribution is 5.80. The topological polar surface area (TPSA) is 6.48 Å². The summed E-state index contributed by atoms with van der Waals surface area (Å²) in [5.41, 5.74) is 3.92. The van der Waals surface area contributed by atoms with Gasteiger partial charge >= 0.3 is 0 Å². The molecule has 0 amide bonds. The third-order valence-electron chi connectivity index (χ3n) is 7.18. The zero-order valence-electron chi connectivity index (χ0n) is 31.8. The van der Waals surface area contributed by atoms with Crippen molar-refractivity contribution in [3.8, 4) is 22.3 Å². The Morgan fingerprint density at radius 2 is 0.523 bits per heavy atom. The summed E-state index contributed by atoms with van der Waals surface area (Å²) in [5.74, 6) is 0. The molecule has 0 radical (unpaired) electrons. The average molecular weight is 573 g/mol. The molecule has 2 nitrogen and oxygen atoms in total. The van der Waals surface area contributed by atoms with E-state index in [0.29, 0.717) is 16.9 Å². The molecule has 0 saturated carbocycles. The van der Waals surface area contributed by atoms with Crippen LogP contribution >= 0.6 is 0 Å². The van der Waals surface area contributed by atoms with Crippen LogP contribution in [0.4, 0.5) is 34.1 Å². The van der Waals surface area contributed by atoms with Crippen LogP contribution in [0.5, 0.6) is 0 Å². The van der Waals surface area contributed by atoms with Crippen LogP contribution in [0.1, 0.15) is 11.0 Å². The fourth-order valence-corrected chi connectivity index (χ4v) is 5.06. The second-order valence-electron chi connectivity index (χ2n) is 10.0. The van der Waals surface area contributed by atoms with Crippen molar-refractivity contribution in [2.45, 2.75) is 0 Å². The van der Waals surface area contributed by atoms with E-state index in [9.17, 15) is 0 Å². The highest BCUT2D eigenvalue weighted by Crippen LogP contribution is 2.37. The molecule has 0 saturated heterocycles. The molecule has 0 aliphatic rings. The molecule has 0 unspecified atom stereocenters. The number of rotatable bonds is 8. The third-order valence-corrected chi connectivity index (χ3v) is 7.18. The van der Waals surface area contributed by atoms with Crippen molar-refractivity contribution in [3.63, 3.8) is 0 Å². The Morgan fingerprint density at radius 3 is 0.886 bits per heavy atom. The molecule has 2 heteroatoms. The lowest BCUT2D eigenvalue weighted by Crippen LogP contribution is -2.09. The quantitative estimate of drug-likeness (QED) is 0.179. The molecule has 0 fully saturated rings. The molecule has 7 aromatic rings. The molecule has 7 aromatic carbocycles. The smallest absolute Gasteiger partial charge is 0.0645 e. The summed E-state index contributed by atoms with van der Waals surface area (Å²) in [6, 6.07) is 41.9. The van der Waals surface area contributed by atoms with Gasteiger partial charge in [-0.25, -0.2) is 0 Å². The van der Waals surface area contributed by atoms with E-state index >= 15 is 0 Å². The average Bonchev–Trinajstić information content (AvgIpc) is 3.18. The minimum absolute atomic E-state index is 0.00293. The fourth-order valence-electron chi connectivity index (χ4n) is 5.06. The lowest BCUT2D eigenvalue weighted by Gasteiger charge is -2.25. The SMILES string of the molecule is [2H]c1c([2H])c(-c2c([2H])c([2H])c(N(c3ccccc3)c3ccccc3)c([2H])c2[2H])c([2H])c([2H])c1-c1ccc(N(c2ccccc2)c2ccccc2)cc1. The molecule has 0 spiro atoms. The van der Waals surface area contributed by atoms with Gasteiger partial charge in [-0.15, -0.1) is 0 Å². The number of anilines is 6. The van der Waals surface area contributed by atoms with Crippen LogP contribution in [0.2, 0.25) is 0 Å². The summed E-state index contributed by atoms with van der Waals surface area (Å²) in [5, 5.41) is 0. The van der Waals surface area contributed by atoms with Crippen LogP contribution in [0.3, 0.4) is 0 Å². The summed E-state index contributed by atoms with van der Waals surface area (Å²) in [6.07, 6.45) is 0. The van der Waals surface area contributed by atoms with Crippen LogP contribution in [-0.2, 0) is 0 Å². The van der Waals surface area contributed by atoms with Gasteiger partial charge in [0.15, 0.2) is 0 Å². The van der Waals surface area contributed by atoms with Crippen LogP contribution in [0.25, 0.3) is 22.3 Å². The van der Waals surface area contributed by atoms with Crippen molar-refractivity contribution in [1.82, 2.24) is 0 Å². The summed E-state index contributed by atoms with van der Waals surface area (Å²) in [4.78, 5) is 3.72. The highest BCUT2D eigenvalue weighted by Gasteiger charge is 2.13. The van der Waals surface area contributed by atoms with Crippen LogP contribution in [0.15, 0.2) is 194 Å². The van der Waals surface area contributed by atoms with Crippen LogP contribution in [-0.4, -0.2) is 0 Å². The second-order valence-corrected chi connectivity index (χ2v) is 10.0. The lowest BCUT2D eigenvalue weighted by atomic mass is 9.99. The van der Waals surface area contributed by atoms with Gasteiger partial charge in [-0.2, -0.15) is 0 Å². The summed E-state index contributed by atoms with van der Waals surface area (Å²) in [7, 11) is 0. The number of hydrogen-bond donors (Lipinski definition) is 0. The van der Waals surface area contributed by atoms with E-state index in [0.717, 1.165) is 17.1 Å². The van der Waals surface area contributed by atoms with Crippen molar-refractivity contribution in [3.05, 3.63) is 194 Å². The molecule has 0 heterocycles. The first-order valence-electron chi connectivity index (χ1n) is 18.3. The van der Waals surface area contributed by atoms with Gasteiger partial charge < -0.3 is 9.80 Å². The van der Waals surface area contributed by atoms with Crippen molar-refractivity contribution < 1.29 is 11.0 Å². The van der Waals surface area contributed by atoms with E-state index in [1.807, 2.05) is 133 Å². The first kappa shape index (κ1) is 19.4. The summed E-state index contributed by atoms with van der Waals surface area (Å²) < 4.78 is 72.5. The molecule has 210 valence electrons. The molecular formula is C42H32N2. The standard InChI is InChI=1S/C42H32N2/c1-5-13-37(14-6-1)43(38-15-7-2-8-16-38)41-29-25-35(26-30-41)33-21-23-34(24-22-33)36-27-31-42(32-28-36)44(39-17-9-3-10-18-39)40-19-11-4-12-20-40/h1-32H/i21D,22D,23D,24D,25D,26D,29D,30D. The maximum atomic E-state index is 9.10. The lowest BCUT2D eigenvalue weighted by molar-refractivity contribution is 1.28. The van der Waals surface area contributed by atoms with Gasteiger partial charge in [0.05, 0.1) is 11.0 Å². The molecule has 0 bridgehead atoms. The first-order chi connectivity index (χ1) is 25.2. The molecular weight excluding hydrogens is 532 g/mol. The number of hydrogen-bond acceptors (Lipinski definition) is 2. The zero-order valence-corrected chi connectivity index (χ0v) is 23.8. The normalized spacial score (nSPS) is 13.3. The first-order valence-corrected chi connectivity index (χ1v) is 14.3. The predicted molar refractivity (Wildman–Crippen MR) is 187 cm³/mol. The Morgan fingerprint density at radius 1 is 0.250 bits per heavy atom. The van der Waals surface area contributed by atoms with Gasteiger partial charge in [0.2, 0.25) is 0 Å². The maximum Gasteiger partial charge on any atom is 0.0645 e. The predicted octanol–water partition coefficient (Wildman–Crippen LogP) is 12.0. The molecule has 0 aliphatic carbocycles. The Hall–Kier alpha value is -5.86. The Balaban J connectivity index is 1.34. The third kappa shape index (κ3) is 5.74. The molecule has 44 heavy (non-hydrogen) atoms.